The Labute approximate surface area is 769 Å². The number of nitrogens with two attached hydrogens (primary N) is 1. The van der Waals surface area contributed by atoms with Crippen LogP contribution in [0.3, 0.4) is 0 Å². The molecule has 4 aromatic carbocycles. The van der Waals surface area contributed by atoms with E-state index in [1.54, 1.807) is 62.4 Å². The van der Waals surface area contributed by atoms with E-state index >= 15 is 14.4 Å². The van der Waals surface area contributed by atoms with E-state index in [0.717, 1.165) is 75.1 Å². The van der Waals surface area contributed by atoms with Gasteiger partial charge in [-0.2, -0.15) is 0 Å². The second kappa shape index (κ2) is 49.7. The number of ketones is 1. The molecule has 698 valence electrons. The minimum Gasteiger partial charge on any atom is -0.508 e. The summed E-state index contributed by atoms with van der Waals surface area (Å²) in [5.41, 5.74) is 8.31. The Morgan fingerprint density at radius 1 is 0.820 bits per heavy atom. The van der Waals surface area contributed by atoms with Gasteiger partial charge in [0, 0.05) is 101 Å². The zero-order chi connectivity index (χ0) is 92.9. The number of carbonyl (C=O) groups is 12. The van der Waals surface area contributed by atoms with Crippen LogP contribution in [0.15, 0.2) is 121 Å². The zero-order valence-corrected chi connectivity index (χ0v) is 78.3. The lowest BCUT2D eigenvalue weighted by molar-refractivity contribution is -0.162. The lowest BCUT2D eigenvalue weighted by Gasteiger charge is -2.42. The number of phenols is 1. The van der Waals surface area contributed by atoms with Crippen LogP contribution < -0.4 is 57.9 Å². The number of phenolic OH excluding ortho intramolecular Hbond substituents is 1. The van der Waals surface area contributed by atoms with Crippen molar-refractivity contribution in [1.29, 1.82) is 0 Å². The number of likely N-dealkylation sites (N-methyl/N-ethyl adjacent to an activating group) is 1. The summed E-state index contributed by atoms with van der Waals surface area (Å²) < 4.78 is 29.8. The molecule has 0 spiro atoms. The van der Waals surface area contributed by atoms with Crippen LogP contribution in [0.5, 0.6) is 11.5 Å². The average Bonchev–Trinajstić information content (AvgIpc) is 1.57. The molecule has 0 aromatic heterocycles. The molecule has 0 radical (unpaired) electrons. The lowest BCUT2D eigenvalue weighted by Crippen LogP contribution is -2.63. The van der Waals surface area contributed by atoms with Crippen LogP contribution in [0.2, 0.25) is 5.02 Å². The van der Waals surface area contributed by atoms with Crippen LogP contribution in [0.25, 0.3) is 5.57 Å². The fourth-order valence-electron chi connectivity index (χ4n) is 15.9. The second-order valence-electron chi connectivity index (χ2n) is 33.4. The third kappa shape index (κ3) is 29.4. The highest BCUT2D eigenvalue weighted by Crippen LogP contribution is 2.50. The average molecular weight is 1870 g/mol. The standard InChI is InChI=1S/C92H124ClN11O20S4/c1-11-12-13-14-18-31-77(108)96-67(45-58-25-16-15-17-26-58)86(114)99-69-52-127-128-53-70(100-88(116)81(57(5)105)101-85(113)66(29-21-22-39-94)97-87(115)68(48-62-35-34-61-27-19-20-28-65(61)62)98-83(111)63(49-72(69)107)44-59-32-36-64(106)37-33-59)84(112)95-40-42-126-125-41-38-78(109)103(7)56(4)89(117)123-76-50-79(110)104(8)71-46-60(47-73(120-9)80(71)93)43-54(2)24-23-30-75(121-10)92(119)51-74(122-90(118)102-92)55(3)82-91(76,6)124-82/h15-17,19-20,23-28,30,32-33,35-37,46-47,55-57,63,66-70,74-76,81-82,105-106,119H,11-14,18,21-22,29,31,34,38-45,48-53,94H2,1-10H3,(H,95,112)(H,96,108)(H,97,115)(H,98,111)(H,99,114)(H,100,116)(H,101,113)(H,102,118)/b30-23+,54-24+/t55-,56+,57-,63-,66+,67-,68-,69+,70+,74+,75-,76+,81+,82+,91+,92+/m1/s1. The summed E-state index contributed by atoms with van der Waals surface area (Å²) in [4.78, 5) is 178. The van der Waals surface area contributed by atoms with Crippen LogP contribution in [-0.2, 0) is 97.4 Å². The van der Waals surface area contributed by atoms with Crippen molar-refractivity contribution in [2.75, 3.05) is 69.3 Å². The van der Waals surface area contributed by atoms with Crippen LogP contribution in [0.1, 0.15) is 159 Å². The predicted molar refractivity (Wildman–Crippen MR) is 496 cm³/mol. The van der Waals surface area contributed by atoms with Crippen molar-refractivity contribution in [3.05, 3.63) is 154 Å². The summed E-state index contributed by atoms with van der Waals surface area (Å²) in [5.74, 6) is -9.17. The molecule has 4 heterocycles. The van der Waals surface area contributed by atoms with E-state index in [1.165, 1.54) is 85.7 Å². The molecule has 128 heavy (non-hydrogen) atoms. The number of aromatic hydroxyl groups is 1. The van der Waals surface area contributed by atoms with Crippen LogP contribution >= 0.6 is 54.8 Å². The van der Waals surface area contributed by atoms with E-state index in [4.69, 9.17) is 41.0 Å². The van der Waals surface area contributed by atoms with E-state index < -0.39 is 174 Å². The van der Waals surface area contributed by atoms with Gasteiger partial charge in [0.2, 0.25) is 53.2 Å². The summed E-state index contributed by atoms with van der Waals surface area (Å²) in [5, 5.41) is 56.2. The van der Waals surface area contributed by atoms with Crippen LogP contribution in [-0.4, -0.2) is 240 Å². The van der Waals surface area contributed by atoms with Gasteiger partial charge in [-0.05, 0) is 137 Å². The maximum Gasteiger partial charge on any atom is 0.409 e. The molecule has 5 aliphatic rings. The van der Waals surface area contributed by atoms with Gasteiger partial charge in [-0.3, -0.25) is 53.3 Å². The van der Waals surface area contributed by atoms with Crippen molar-refractivity contribution in [2.45, 2.75) is 241 Å². The Morgan fingerprint density at radius 3 is 2.24 bits per heavy atom. The van der Waals surface area contributed by atoms with Crippen LogP contribution in [0.4, 0.5) is 10.5 Å². The first kappa shape index (κ1) is 103. The van der Waals surface area contributed by atoms with Gasteiger partial charge in [0.15, 0.2) is 11.5 Å². The molecule has 4 bridgehead atoms. The highest BCUT2D eigenvalue weighted by Gasteiger charge is 2.65. The van der Waals surface area contributed by atoms with Gasteiger partial charge < -0.3 is 91.8 Å². The highest BCUT2D eigenvalue weighted by atomic mass is 35.5. The third-order valence-corrected chi connectivity index (χ3v) is 28.9. The molecule has 0 saturated carbocycles. The normalized spacial score (nSPS) is 25.9. The quantitative estimate of drug-likeness (QED) is 0.00921. The molecular formula is C92H124ClN11O20S4. The molecule has 31 nitrogen and oxygen atoms in total. The molecule has 16 atom stereocenters. The van der Waals surface area contributed by atoms with E-state index in [2.05, 4.69) is 49.5 Å². The zero-order valence-electron chi connectivity index (χ0n) is 74.3. The fraction of sp³-hybridized carbons (Fsp3) is 0.543. The van der Waals surface area contributed by atoms with Crippen molar-refractivity contribution in [3.63, 3.8) is 0 Å². The topological polar surface area (TPSA) is 444 Å². The van der Waals surface area contributed by atoms with Crippen molar-refractivity contribution < 1.29 is 96.5 Å². The number of aliphatic hydroxyl groups excluding tert-OH is 1. The third-order valence-electron chi connectivity index (χ3n) is 23.7. The number of halogens is 1. The number of ether oxygens (including phenoxy) is 5. The van der Waals surface area contributed by atoms with Gasteiger partial charge in [0.1, 0.15) is 76.7 Å². The number of benzene rings is 4. The SMILES string of the molecule is CCCCCCCC(=O)N[C@H](Cc1ccccc1)C(=O)N[C@H]1CSSC[C@@H](C(=O)NCCSSCCC(=O)N(C)[C@@H](C)C(=O)O[C@H]2CC(=O)N(C)c3cc(cc(OC)c3Cl)C/C(C)=C/C=C/[C@@H](OC)[C@@]3(O)C[C@H](OC(=O)N3)[C@@H](C)[C@@H]3O[C@@]23C)NC(=O)[C@H]([C@@H](C)O)NC(=O)[C@H](CCCCN)NC(=O)[C@@H](CC2=CCc3ccccc32)NC(=O)[C@H](Cc2ccc(O)cc2)CC1=O. The van der Waals surface area contributed by atoms with Crippen molar-refractivity contribution in [2.24, 2.45) is 17.6 Å². The number of nitrogens with one attached hydrogen (secondary N) is 8. The summed E-state index contributed by atoms with van der Waals surface area (Å²) in [7, 11) is 10.5. The Kier molecular flexibility index (Phi) is 39.8. The Bertz CT molecular complexity index is 4630. The molecule has 3 saturated heterocycles. The summed E-state index contributed by atoms with van der Waals surface area (Å²) in [6.45, 7) is 10.4. The van der Waals surface area contributed by atoms with Gasteiger partial charge in [0.25, 0.3) is 0 Å². The number of nitrogens with zero attached hydrogens (tertiary/aromatic N) is 2. The number of amides is 10. The molecule has 3 fully saturated rings. The van der Waals surface area contributed by atoms with Crippen molar-refractivity contribution in [1.82, 2.24) is 47.4 Å². The summed E-state index contributed by atoms with van der Waals surface area (Å²) >= 11 is 6.91. The largest absolute Gasteiger partial charge is 0.508 e. The number of aliphatic hydroxyl groups is 2. The number of esters is 1. The maximum absolute atomic E-state index is 15.4. The Morgan fingerprint density at radius 2 is 1.52 bits per heavy atom. The molecule has 13 N–H and O–H groups in total. The monoisotopic (exact) mass is 1870 g/mol. The maximum atomic E-state index is 15.4. The van der Waals surface area contributed by atoms with E-state index in [1.807, 2.05) is 61.5 Å². The molecule has 9 rings (SSSR count). The first-order chi connectivity index (χ1) is 61.2. The van der Waals surface area contributed by atoms with Gasteiger partial charge in [0.05, 0.1) is 37.5 Å². The number of hydrogen-bond acceptors (Lipinski definition) is 25. The number of Topliss-reactive ketones (excluding diaryl/α,β-unsaturated/α-hetero) is 1. The van der Waals surface area contributed by atoms with Crippen molar-refractivity contribution >= 4 is 137 Å². The van der Waals surface area contributed by atoms with Gasteiger partial charge in [-0.25, -0.2) is 9.59 Å². The molecule has 0 unspecified atom stereocenters. The molecule has 1 aliphatic carbocycles. The van der Waals surface area contributed by atoms with Crippen molar-refractivity contribution in [3.8, 4) is 11.5 Å². The summed E-state index contributed by atoms with van der Waals surface area (Å²) in [6.07, 6.45) is 5.31. The smallest absolute Gasteiger partial charge is 0.409 e. The van der Waals surface area contributed by atoms with Gasteiger partial charge >= 0.3 is 12.1 Å². The number of allylic oxidation sites excluding steroid dienone is 4. The number of unbranched alkanes of at least 4 members (excludes halogenated alkanes) is 5. The number of alkyl carbamates (subject to hydrolysis) is 1. The van der Waals surface area contributed by atoms with Gasteiger partial charge in [-0.1, -0.05) is 191 Å². The predicted octanol–water partition coefficient (Wildman–Crippen LogP) is 8.37. The fourth-order valence-corrected chi connectivity index (χ4v) is 20.4. The lowest BCUT2D eigenvalue weighted by atomic mass is 9.83. The Balaban J connectivity index is 0.911. The molecular weight excluding hydrogens is 1740 g/mol. The second-order valence-corrected chi connectivity index (χ2v) is 39.1. The molecule has 4 aromatic rings. The minimum atomic E-state index is -1.94. The number of carbonyl (C=O) groups excluding carboxylic acids is 12. The molecule has 4 aliphatic heterocycles. The molecule has 36 heteroatoms. The number of rotatable bonds is 33. The number of hydrogen-bond donors (Lipinski definition) is 12. The molecule has 10 amide bonds. The number of epoxide rings is 1. The number of anilines is 1. The number of fused-ring (bicyclic) bond motifs is 6. The first-order valence-electron chi connectivity index (χ1n) is 43.6. The highest BCUT2D eigenvalue weighted by molar-refractivity contribution is 8.77. The Hall–Kier alpha value is -9.17. The van der Waals surface area contributed by atoms with Crippen LogP contribution in [0, 0.1) is 11.8 Å². The number of methoxy groups -OCH3 is 2. The minimum absolute atomic E-state index is 0.00766. The van der Waals surface area contributed by atoms with E-state index in [9.17, 15) is 58.5 Å². The van der Waals surface area contributed by atoms with E-state index in [0.29, 0.717) is 54.7 Å². The first-order valence-corrected chi connectivity index (χ1v) is 49.0. The van der Waals surface area contributed by atoms with Gasteiger partial charge in [-0.15, -0.1) is 0 Å². The van der Waals surface area contributed by atoms with E-state index in [-0.39, 0.29) is 97.7 Å². The summed E-state index contributed by atoms with van der Waals surface area (Å²) in [6, 6.07) is 16.5.